The largest absolute Gasteiger partial charge is 0.261 e. The minimum Gasteiger partial charge on any atom is -0.261 e. The third kappa shape index (κ3) is 4.28. The van der Waals surface area contributed by atoms with E-state index in [1.165, 1.54) is 0 Å². The molecule has 3 nitrogen and oxygen atoms in total. The Kier molecular flexibility index (Phi) is 5.88. The average molecular weight is 289 g/mol. The summed E-state index contributed by atoms with van der Waals surface area (Å²) in [6.07, 6.45) is 5.11. The van der Waals surface area contributed by atoms with Crippen molar-refractivity contribution in [3.8, 4) is 0 Å². The number of benzene rings is 2. The molecule has 0 aliphatic heterocycles. The Labute approximate surface area is 131 Å². The molecule has 22 heavy (non-hydrogen) atoms. The maximum atomic E-state index is 4.54. The Bertz CT molecular complexity index is 642. The van der Waals surface area contributed by atoms with E-state index in [1.807, 2.05) is 73.7 Å². The summed E-state index contributed by atoms with van der Waals surface area (Å²) in [5, 5.41) is 4.54. The zero-order valence-electron chi connectivity index (χ0n) is 12.6. The van der Waals surface area contributed by atoms with Gasteiger partial charge < -0.3 is 0 Å². The van der Waals surface area contributed by atoms with Crippen LogP contribution in [0.5, 0.6) is 0 Å². The van der Waals surface area contributed by atoms with Crippen LogP contribution in [-0.2, 0) is 0 Å². The zero-order valence-corrected chi connectivity index (χ0v) is 12.6. The molecule has 0 bridgehead atoms. The topological polar surface area (TPSA) is 36.8 Å². The normalized spacial score (nSPS) is 11.2. The van der Waals surface area contributed by atoms with Crippen LogP contribution in [-0.4, -0.2) is 11.9 Å². The second-order valence-corrected chi connectivity index (χ2v) is 4.49. The fraction of sp³-hybridized carbons (Fsp3) is 0.0526. The van der Waals surface area contributed by atoms with Crippen molar-refractivity contribution in [1.29, 1.82) is 0 Å². The van der Waals surface area contributed by atoms with Crippen molar-refractivity contribution in [2.24, 2.45) is 10.1 Å². The van der Waals surface area contributed by atoms with Gasteiger partial charge in [-0.25, -0.2) is 4.99 Å². The Morgan fingerprint density at radius 1 is 0.955 bits per heavy atom. The SMILES string of the molecule is C=CC=N/C(=C\C)NN=C(c1ccccc1)c1ccccc1. The van der Waals surface area contributed by atoms with Crippen LogP contribution in [0.1, 0.15) is 18.1 Å². The number of aliphatic imine (C=N–C) groups is 1. The van der Waals surface area contributed by atoms with E-state index in [9.17, 15) is 0 Å². The molecule has 3 heteroatoms. The second kappa shape index (κ2) is 8.37. The molecule has 0 aliphatic rings. The highest BCUT2D eigenvalue weighted by Gasteiger charge is 2.06. The van der Waals surface area contributed by atoms with E-state index < -0.39 is 0 Å². The third-order valence-electron chi connectivity index (χ3n) is 2.97. The molecule has 2 aromatic rings. The van der Waals surface area contributed by atoms with Gasteiger partial charge in [0.25, 0.3) is 0 Å². The number of rotatable bonds is 6. The molecule has 0 unspecified atom stereocenters. The van der Waals surface area contributed by atoms with Gasteiger partial charge in [0.05, 0.1) is 5.71 Å². The zero-order chi connectivity index (χ0) is 15.6. The van der Waals surface area contributed by atoms with Gasteiger partial charge in [-0.3, -0.25) is 5.43 Å². The van der Waals surface area contributed by atoms with Gasteiger partial charge in [0, 0.05) is 17.3 Å². The molecule has 0 saturated heterocycles. The number of hydrazone groups is 1. The lowest BCUT2D eigenvalue weighted by Gasteiger charge is -2.08. The van der Waals surface area contributed by atoms with Gasteiger partial charge in [0.15, 0.2) is 0 Å². The van der Waals surface area contributed by atoms with Crippen LogP contribution in [0.3, 0.4) is 0 Å². The predicted molar refractivity (Wildman–Crippen MR) is 94.1 cm³/mol. The lowest BCUT2D eigenvalue weighted by molar-refractivity contribution is 0.870. The van der Waals surface area contributed by atoms with E-state index in [0.717, 1.165) is 16.8 Å². The van der Waals surface area contributed by atoms with Crippen molar-refractivity contribution in [2.45, 2.75) is 6.92 Å². The standard InChI is InChI=1S/C19H19N3/c1-3-15-20-18(4-2)21-22-19(16-11-7-5-8-12-16)17-13-9-6-10-14-17/h3-15,21H,1H2,2H3/b18-4+,20-15?. The van der Waals surface area contributed by atoms with Gasteiger partial charge in [-0.2, -0.15) is 5.10 Å². The van der Waals surface area contributed by atoms with Gasteiger partial charge in [0.1, 0.15) is 5.82 Å². The average Bonchev–Trinajstić information content (AvgIpc) is 2.59. The van der Waals surface area contributed by atoms with Crippen molar-refractivity contribution >= 4 is 11.9 Å². The first-order valence-electron chi connectivity index (χ1n) is 7.11. The Hall–Kier alpha value is -2.94. The molecule has 0 aliphatic carbocycles. The fourth-order valence-electron chi connectivity index (χ4n) is 1.90. The van der Waals surface area contributed by atoms with Crippen LogP contribution in [0.2, 0.25) is 0 Å². The van der Waals surface area contributed by atoms with E-state index in [-0.39, 0.29) is 0 Å². The minimum absolute atomic E-state index is 0.671. The summed E-state index contributed by atoms with van der Waals surface area (Å²) >= 11 is 0. The van der Waals surface area contributed by atoms with Crippen molar-refractivity contribution in [3.63, 3.8) is 0 Å². The molecule has 0 heterocycles. The summed E-state index contributed by atoms with van der Waals surface area (Å²) < 4.78 is 0. The molecule has 0 radical (unpaired) electrons. The fourth-order valence-corrected chi connectivity index (χ4v) is 1.90. The maximum Gasteiger partial charge on any atom is 0.141 e. The van der Waals surface area contributed by atoms with E-state index in [1.54, 1.807) is 12.3 Å². The molecule has 2 aromatic carbocycles. The van der Waals surface area contributed by atoms with Crippen LogP contribution in [0, 0.1) is 0 Å². The number of hydrogen-bond donors (Lipinski definition) is 1. The van der Waals surface area contributed by atoms with Crippen LogP contribution in [0.15, 0.2) is 95.3 Å². The molecular formula is C19H19N3. The number of nitrogens with one attached hydrogen (secondary N) is 1. The maximum absolute atomic E-state index is 4.54. The van der Waals surface area contributed by atoms with Gasteiger partial charge in [-0.15, -0.1) is 0 Å². The third-order valence-corrected chi connectivity index (χ3v) is 2.97. The molecule has 110 valence electrons. The van der Waals surface area contributed by atoms with E-state index in [0.29, 0.717) is 5.82 Å². The second-order valence-electron chi connectivity index (χ2n) is 4.49. The quantitative estimate of drug-likeness (QED) is 0.629. The lowest BCUT2D eigenvalue weighted by Crippen LogP contribution is -2.11. The summed E-state index contributed by atoms with van der Waals surface area (Å²) in [4.78, 5) is 4.22. The summed E-state index contributed by atoms with van der Waals surface area (Å²) in [6.45, 7) is 5.52. The van der Waals surface area contributed by atoms with Crippen LogP contribution in [0.25, 0.3) is 0 Å². The van der Waals surface area contributed by atoms with Gasteiger partial charge in [-0.05, 0) is 13.0 Å². The van der Waals surface area contributed by atoms with Gasteiger partial charge in [0.2, 0.25) is 0 Å². The molecule has 0 saturated carbocycles. The molecule has 1 N–H and O–H groups in total. The summed E-state index contributed by atoms with van der Waals surface area (Å²) in [6, 6.07) is 20.1. The number of hydrogen-bond acceptors (Lipinski definition) is 3. The van der Waals surface area contributed by atoms with Crippen molar-refractivity contribution in [1.82, 2.24) is 5.43 Å². The molecule has 0 aromatic heterocycles. The highest BCUT2D eigenvalue weighted by Crippen LogP contribution is 2.10. The summed E-state index contributed by atoms with van der Waals surface area (Å²) in [5.74, 6) is 0.671. The van der Waals surface area contributed by atoms with Crippen molar-refractivity contribution in [3.05, 3.63) is 96.3 Å². The molecule has 0 fully saturated rings. The van der Waals surface area contributed by atoms with Gasteiger partial charge in [-0.1, -0.05) is 73.3 Å². The first kappa shape index (κ1) is 15.4. The Morgan fingerprint density at radius 2 is 1.50 bits per heavy atom. The molecular weight excluding hydrogens is 270 g/mol. The van der Waals surface area contributed by atoms with Crippen LogP contribution in [0.4, 0.5) is 0 Å². The molecule has 0 spiro atoms. The first-order valence-corrected chi connectivity index (χ1v) is 7.11. The van der Waals surface area contributed by atoms with Gasteiger partial charge >= 0.3 is 0 Å². The number of nitrogens with zero attached hydrogens (tertiary/aromatic N) is 2. The summed E-state index contributed by atoms with van der Waals surface area (Å²) in [7, 11) is 0. The Balaban J connectivity index is 2.35. The lowest BCUT2D eigenvalue weighted by atomic mass is 10.0. The smallest absolute Gasteiger partial charge is 0.141 e. The highest BCUT2D eigenvalue weighted by molar-refractivity contribution is 6.12. The van der Waals surface area contributed by atoms with Crippen LogP contribution >= 0.6 is 0 Å². The monoisotopic (exact) mass is 289 g/mol. The molecule has 0 amide bonds. The first-order chi connectivity index (χ1) is 10.8. The van der Waals surface area contributed by atoms with Crippen molar-refractivity contribution in [2.75, 3.05) is 0 Å². The van der Waals surface area contributed by atoms with Crippen LogP contribution < -0.4 is 5.43 Å². The summed E-state index contributed by atoms with van der Waals surface area (Å²) in [5.41, 5.74) is 5.97. The van der Waals surface area contributed by atoms with E-state index in [4.69, 9.17) is 0 Å². The molecule has 2 rings (SSSR count). The molecule has 0 atom stereocenters. The Morgan fingerprint density at radius 3 is 1.95 bits per heavy atom. The minimum atomic E-state index is 0.671. The predicted octanol–water partition coefficient (Wildman–Crippen LogP) is 4.15. The number of allylic oxidation sites excluding steroid dienone is 2. The van der Waals surface area contributed by atoms with E-state index in [2.05, 4.69) is 22.1 Å². The van der Waals surface area contributed by atoms with E-state index >= 15 is 0 Å². The highest BCUT2D eigenvalue weighted by atomic mass is 15.3. The van der Waals surface area contributed by atoms with Crippen molar-refractivity contribution < 1.29 is 0 Å².